The molecule has 0 unspecified atom stereocenters. The van der Waals surface area contributed by atoms with Crippen molar-refractivity contribution in [3.63, 3.8) is 0 Å². The van der Waals surface area contributed by atoms with Gasteiger partial charge >= 0.3 is 0 Å². The molecule has 1 heterocycles. The van der Waals surface area contributed by atoms with Crippen LogP contribution in [0.15, 0.2) is 65.1 Å². The molecule has 2 aromatic carbocycles. The topological polar surface area (TPSA) is 71.1 Å². The number of pyridine rings is 1. The van der Waals surface area contributed by atoms with Gasteiger partial charge in [-0.3, -0.25) is 14.6 Å². The van der Waals surface area contributed by atoms with Gasteiger partial charge in [0.2, 0.25) is 0 Å². The van der Waals surface area contributed by atoms with Gasteiger partial charge in [-0.05, 0) is 43.3 Å². The minimum absolute atomic E-state index is 0.259. The van der Waals surface area contributed by atoms with E-state index in [1.807, 2.05) is 30.3 Å². The van der Waals surface area contributed by atoms with Crippen LogP contribution in [-0.4, -0.2) is 23.8 Å². The molecule has 0 aliphatic carbocycles. The zero-order chi connectivity index (χ0) is 19.4. The molecule has 0 spiro atoms. The van der Waals surface area contributed by atoms with Crippen molar-refractivity contribution in [3.8, 4) is 11.3 Å². The molecule has 5 nitrogen and oxygen atoms in total. The SMILES string of the molecule is CNC(=O)c1ccccc1NC(=O)c1ccc(-c2cccc(Br)c2)nc1C. The average molecular weight is 424 g/mol. The molecule has 0 aliphatic heterocycles. The van der Waals surface area contributed by atoms with Gasteiger partial charge in [0.15, 0.2) is 0 Å². The Balaban J connectivity index is 1.87. The van der Waals surface area contributed by atoms with Gasteiger partial charge in [0.25, 0.3) is 11.8 Å². The number of hydrogen-bond donors (Lipinski definition) is 2. The summed E-state index contributed by atoms with van der Waals surface area (Å²) in [6, 6.07) is 18.3. The smallest absolute Gasteiger partial charge is 0.257 e. The minimum atomic E-state index is -0.308. The number of hydrogen-bond acceptors (Lipinski definition) is 3. The van der Waals surface area contributed by atoms with E-state index in [-0.39, 0.29) is 11.8 Å². The van der Waals surface area contributed by atoms with Gasteiger partial charge < -0.3 is 10.6 Å². The summed E-state index contributed by atoms with van der Waals surface area (Å²) < 4.78 is 0.965. The Bertz CT molecular complexity index is 1020. The lowest BCUT2D eigenvalue weighted by molar-refractivity contribution is 0.0964. The number of aromatic nitrogens is 1. The number of halogens is 1. The van der Waals surface area contributed by atoms with Crippen LogP contribution in [0, 0.1) is 6.92 Å². The van der Waals surface area contributed by atoms with E-state index in [0.29, 0.717) is 22.5 Å². The number of para-hydroxylation sites is 1. The van der Waals surface area contributed by atoms with E-state index >= 15 is 0 Å². The molecule has 1 aromatic heterocycles. The molecule has 0 fully saturated rings. The van der Waals surface area contributed by atoms with Crippen LogP contribution in [0.3, 0.4) is 0 Å². The molecule has 0 saturated heterocycles. The first-order valence-electron chi connectivity index (χ1n) is 8.35. The lowest BCUT2D eigenvalue weighted by Crippen LogP contribution is -2.22. The van der Waals surface area contributed by atoms with Crippen LogP contribution in [-0.2, 0) is 0 Å². The Morgan fingerprint density at radius 1 is 0.926 bits per heavy atom. The fourth-order valence-electron chi connectivity index (χ4n) is 2.72. The van der Waals surface area contributed by atoms with E-state index in [0.717, 1.165) is 15.7 Å². The first kappa shape index (κ1) is 18.8. The van der Waals surface area contributed by atoms with E-state index in [1.54, 1.807) is 44.3 Å². The van der Waals surface area contributed by atoms with E-state index in [1.165, 1.54) is 0 Å². The number of aryl methyl sites for hydroxylation is 1. The number of nitrogens with zero attached hydrogens (tertiary/aromatic N) is 1. The zero-order valence-corrected chi connectivity index (χ0v) is 16.5. The third-order valence-electron chi connectivity index (χ3n) is 4.10. The number of carbonyl (C=O) groups excluding carboxylic acids is 2. The minimum Gasteiger partial charge on any atom is -0.355 e. The molecule has 27 heavy (non-hydrogen) atoms. The van der Waals surface area contributed by atoms with Crippen molar-refractivity contribution in [2.24, 2.45) is 0 Å². The maximum absolute atomic E-state index is 12.7. The number of rotatable bonds is 4. The predicted octanol–water partition coefficient (Wildman–Crippen LogP) is 4.43. The van der Waals surface area contributed by atoms with Crippen molar-refractivity contribution >= 4 is 33.4 Å². The van der Waals surface area contributed by atoms with Crippen LogP contribution in [0.2, 0.25) is 0 Å². The molecule has 3 rings (SSSR count). The van der Waals surface area contributed by atoms with Crippen LogP contribution in [0.1, 0.15) is 26.4 Å². The van der Waals surface area contributed by atoms with Gasteiger partial charge in [-0.1, -0.05) is 40.2 Å². The summed E-state index contributed by atoms with van der Waals surface area (Å²) in [5, 5.41) is 5.37. The first-order valence-corrected chi connectivity index (χ1v) is 9.15. The molecule has 6 heteroatoms. The van der Waals surface area contributed by atoms with Crippen LogP contribution in [0.4, 0.5) is 5.69 Å². The summed E-state index contributed by atoms with van der Waals surface area (Å²) >= 11 is 3.45. The highest BCUT2D eigenvalue weighted by Gasteiger charge is 2.15. The molecule has 3 aromatic rings. The number of nitrogens with one attached hydrogen (secondary N) is 2. The van der Waals surface area contributed by atoms with E-state index in [4.69, 9.17) is 0 Å². The standard InChI is InChI=1S/C21H18BrN3O2/c1-13-16(10-11-18(24-13)14-6-5-7-15(22)12-14)21(27)25-19-9-4-3-8-17(19)20(26)23-2/h3-12H,1-2H3,(H,23,26)(H,25,27). The molecule has 0 bridgehead atoms. The summed E-state index contributed by atoms with van der Waals surface area (Å²) in [5.41, 5.74) is 3.69. The zero-order valence-electron chi connectivity index (χ0n) is 14.9. The molecule has 0 saturated carbocycles. The predicted molar refractivity (Wildman–Crippen MR) is 110 cm³/mol. The number of carbonyl (C=O) groups is 2. The van der Waals surface area contributed by atoms with E-state index in [2.05, 4.69) is 31.5 Å². The molecule has 0 atom stereocenters. The number of anilines is 1. The summed E-state index contributed by atoms with van der Waals surface area (Å²) in [6.45, 7) is 1.79. The Morgan fingerprint density at radius 2 is 1.70 bits per heavy atom. The fraction of sp³-hybridized carbons (Fsp3) is 0.0952. The quantitative estimate of drug-likeness (QED) is 0.651. The normalized spacial score (nSPS) is 10.3. The van der Waals surface area contributed by atoms with Crippen molar-refractivity contribution in [2.45, 2.75) is 6.92 Å². The molecule has 0 aliphatic rings. The van der Waals surface area contributed by atoms with E-state index < -0.39 is 0 Å². The second-order valence-electron chi connectivity index (χ2n) is 5.92. The molecule has 2 amide bonds. The summed E-state index contributed by atoms with van der Waals surface area (Å²) in [4.78, 5) is 29.2. The molecule has 0 radical (unpaired) electrons. The maximum atomic E-state index is 12.7. The largest absolute Gasteiger partial charge is 0.355 e. The fourth-order valence-corrected chi connectivity index (χ4v) is 3.12. The van der Waals surface area contributed by atoms with Gasteiger partial charge in [-0.2, -0.15) is 0 Å². The van der Waals surface area contributed by atoms with Crippen LogP contribution >= 0.6 is 15.9 Å². The van der Waals surface area contributed by atoms with Crippen molar-refractivity contribution < 1.29 is 9.59 Å². The second kappa shape index (κ2) is 8.14. The molecule has 2 N–H and O–H groups in total. The summed E-state index contributed by atoms with van der Waals surface area (Å²) in [7, 11) is 1.55. The van der Waals surface area contributed by atoms with Gasteiger partial charge in [-0.15, -0.1) is 0 Å². The number of amides is 2. The lowest BCUT2D eigenvalue weighted by atomic mass is 10.1. The molecular weight excluding hydrogens is 406 g/mol. The third kappa shape index (κ3) is 4.23. The van der Waals surface area contributed by atoms with Gasteiger partial charge in [0, 0.05) is 17.1 Å². The van der Waals surface area contributed by atoms with Crippen molar-refractivity contribution in [3.05, 3.63) is 82.0 Å². The van der Waals surface area contributed by atoms with Crippen molar-refractivity contribution in [2.75, 3.05) is 12.4 Å². The van der Waals surface area contributed by atoms with Crippen molar-refractivity contribution in [1.29, 1.82) is 0 Å². The maximum Gasteiger partial charge on any atom is 0.257 e. The first-order chi connectivity index (χ1) is 13.0. The van der Waals surface area contributed by atoms with Crippen molar-refractivity contribution in [1.82, 2.24) is 10.3 Å². The van der Waals surface area contributed by atoms with E-state index in [9.17, 15) is 9.59 Å². The molecule has 136 valence electrons. The monoisotopic (exact) mass is 423 g/mol. The van der Waals surface area contributed by atoms with Gasteiger partial charge in [0.05, 0.1) is 28.2 Å². The van der Waals surface area contributed by atoms with Gasteiger partial charge in [0.1, 0.15) is 0 Å². The second-order valence-corrected chi connectivity index (χ2v) is 6.83. The summed E-state index contributed by atoms with van der Waals surface area (Å²) in [6.07, 6.45) is 0. The Hall–Kier alpha value is -2.99. The summed E-state index contributed by atoms with van der Waals surface area (Å²) in [5.74, 6) is -0.567. The Morgan fingerprint density at radius 3 is 2.41 bits per heavy atom. The molecular formula is C21H18BrN3O2. The Labute approximate surface area is 166 Å². The highest BCUT2D eigenvalue weighted by molar-refractivity contribution is 9.10. The lowest BCUT2D eigenvalue weighted by Gasteiger charge is -2.12. The Kier molecular flexibility index (Phi) is 5.66. The highest BCUT2D eigenvalue weighted by atomic mass is 79.9. The number of benzene rings is 2. The third-order valence-corrected chi connectivity index (χ3v) is 4.59. The van der Waals surface area contributed by atoms with Gasteiger partial charge in [-0.25, -0.2) is 0 Å². The van der Waals surface area contributed by atoms with Crippen LogP contribution in [0.5, 0.6) is 0 Å². The van der Waals surface area contributed by atoms with Crippen LogP contribution < -0.4 is 10.6 Å². The average Bonchev–Trinajstić information content (AvgIpc) is 2.67. The highest BCUT2D eigenvalue weighted by Crippen LogP contribution is 2.23. The van der Waals surface area contributed by atoms with Crippen LogP contribution in [0.25, 0.3) is 11.3 Å².